The van der Waals surface area contributed by atoms with Crippen molar-refractivity contribution in [1.29, 1.82) is 0 Å². The summed E-state index contributed by atoms with van der Waals surface area (Å²) < 4.78 is 1.13. The summed E-state index contributed by atoms with van der Waals surface area (Å²) in [5.41, 5.74) is 0. The molecule has 2 heterocycles. The number of azo groups is 1. The molecule has 0 aliphatic heterocycles. The Morgan fingerprint density at radius 1 is 0.929 bits per heavy atom. The molecule has 0 saturated carbocycles. The summed E-state index contributed by atoms with van der Waals surface area (Å²) in [7, 11) is 0. The van der Waals surface area contributed by atoms with E-state index in [2.05, 4.69) is 30.6 Å². The highest BCUT2D eigenvalue weighted by Gasteiger charge is 1.96. The molecular weight excluding hydrogens is 260 g/mol. The molecule has 0 atom stereocenters. The first-order valence-electron chi connectivity index (χ1n) is 3.27. The molecule has 2 rings (SSSR count). The Labute approximate surface area is 95.7 Å². The van der Waals surface area contributed by atoms with Crippen molar-refractivity contribution in [3.63, 3.8) is 0 Å². The highest BCUT2D eigenvalue weighted by molar-refractivity contribution is 7.73. The monoisotopic (exact) mass is 262 g/mol. The molecule has 6 nitrogen and oxygen atoms in total. The summed E-state index contributed by atoms with van der Waals surface area (Å²) >= 11 is 12.1. The zero-order valence-electron chi connectivity index (χ0n) is 6.42. The average molecular weight is 262 g/mol. The van der Waals surface area contributed by atoms with Gasteiger partial charge in [-0.1, -0.05) is 22.7 Å². The summed E-state index contributed by atoms with van der Waals surface area (Å²) in [6.07, 6.45) is 0. The number of rotatable bonds is 2. The smallest absolute Gasteiger partial charge is 0.250 e. The lowest BCUT2D eigenvalue weighted by Crippen LogP contribution is -1.65. The second-order valence-electron chi connectivity index (χ2n) is 1.99. The van der Waals surface area contributed by atoms with Crippen LogP contribution in [0.3, 0.4) is 0 Å². The third-order valence-corrected chi connectivity index (χ3v) is 3.02. The van der Waals surface area contributed by atoms with Crippen molar-refractivity contribution in [3.8, 4) is 0 Å². The second-order valence-corrected chi connectivity index (χ2v) is 5.28. The van der Waals surface area contributed by atoms with Gasteiger partial charge in [0, 0.05) is 0 Å². The van der Waals surface area contributed by atoms with Crippen LogP contribution in [0, 0.1) is 7.91 Å². The van der Waals surface area contributed by atoms with Gasteiger partial charge in [0.15, 0.2) is 7.91 Å². The average Bonchev–Trinajstić information content (AvgIpc) is 2.72. The molecule has 2 aromatic rings. The third kappa shape index (κ3) is 2.35. The topological polar surface area (TPSA) is 82.1 Å². The van der Waals surface area contributed by atoms with Gasteiger partial charge in [0.2, 0.25) is 10.3 Å². The van der Waals surface area contributed by atoms with E-state index >= 15 is 0 Å². The molecule has 10 heteroatoms. The van der Waals surface area contributed by atoms with Crippen molar-refractivity contribution < 1.29 is 0 Å². The van der Waals surface area contributed by atoms with Crippen molar-refractivity contribution in [2.24, 2.45) is 10.2 Å². The predicted molar refractivity (Wildman–Crippen MR) is 58.8 cm³/mol. The molecule has 2 aromatic heterocycles. The Morgan fingerprint density at radius 2 is 1.36 bits per heavy atom. The van der Waals surface area contributed by atoms with E-state index in [0.29, 0.717) is 18.2 Å². The van der Waals surface area contributed by atoms with E-state index in [4.69, 9.17) is 24.4 Å². The molecule has 0 unspecified atom stereocenters. The third-order valence-electron chi connectivity index (χ3n) is 1.07. The van der Waals surface area contributed by atoms with Crippen LogP contribution in [0.1, 0.15) is 0 Å². The van der Waals surface area contributed by atoms with Gasteiger partial charge >= 0.3 is 0 Å². The standard InChI is InChI=1S/C4H2N6S4/c11-3-9-7-1(13-3)5-6-2-8-10-4(12)14-2/h(H,9,11)(H,10,12)/b6-5+. The largest absolute Gasteiger partial charge is 0.256 e. The normalized spacial score (nSPS) is 11.1. The fraction of sp³-hybridized carbons (Fsp3) is 0. The van der Waals surface area contributed by atoms with Crippen molar-refractivity contribution in [1.82, 2.24) is 20.4 Å². The molecule has 0 aliphatic carbocycles. The Hall–Kier alpha value is -0.840. The van der Waals surface area contributed by atoms with E-state index in [9.17, 15) is 0 Å². The molecule has 0 radical (unpaired) electrons. The van der Waals surface area contributed by atoms with Crippen molar-refractivity contribution >= 4 is 57.4 Å². The molecular formula is C4H2N6S4. The predicted octanol–water partition coefficient (Wildman–Crippen LogP) is 3.13. The highest BCUT2D eigenvalue weighted by Crippen LogP contribution is 2.21. The second kappa shape index (κ2) is 4.13. The van der Waals surface area contributed by atoms with Crippen LogP contribution >= 0.6 is 47.1 Å². The van der Waals surface area contributed by atoms with Crippen molar-refractivity contribution in [2.45, 2.75) is 0 Å². The van der Waals surface area contributed by atoms with Crippen molar-refractivity contribution in [3.05, 3.63) is 7.91 Å². The Kier molecular flexibility index (Phi) is 2.86. The number of nitrogens with one attached hydrogen (secondary N) is 2. The van der Waals surface area contributed by atoms with Gasteiger partial charge in [-0.05, 0) is 24.4 Å². The van der Waals surface area contributed by atoms with E-state index in [0.717, 1.165) is 0 Å². The van der Waals surface area contributed by atoms with Crippen molar-refractivity contribution in [2.75, 3.05) is 0 Å². The number of hydrogen-bond acceptors (Lipinski definition) is 8. The van der Waals surface area contributed by atoms with Gasteiger partial charge in [-0.2, -0.15) is 0 Å². The van der Waals surface area contributed by atoms with Gasteiger partial charge in [0.25, 0.3) is 0 Å². The Morgan fingerprint density at radius 3 is 1.64 bits per heavy atom. The first-order valence-corrected chi connectivity index (χ1v) is 5.72. The maximum atomic E-state index is 4.83. The van der Waals surface area contributed by atoms with E-state index in [1.165, 1.54) is 22.7 Å². The SMILES string of the molecule is S=c1[nH]nc(/N=N/c2n[nH]c(=S)s2)s1. The Bertz CT molecular complexity index is 506. The number of nitrogens with zero attached hydrogens (tertiary/aromatic N) is 4. The fourth-order valence-corrected chi connectivity index (χ4v) is 2.01. The molecule has 2 N–H and O–H groups in total. The lowest BCUT2D eigenvalue weighted by atomic mass is 11.2. The zero-order chi connectivity index (χ0) is 9.97. The summed E-state index contributed by atoms with van der Waals surface area (Å²) in [4.78, 5) is 0. The summed E-state index contributed by atoms with van der Waals surface area (Å²) in [6.45, 7) is 0. The first-order chi connectivity index (χ1) is 6.74. The molecule has 0 fully saturated rings. The fourth-order valence-electron chi connectivity index (χ4n) is 0.615. The van der Waals surface area contributed by atoms with Gasteiger partial charge < -0.3 is 0 Å². The highest BCUT2D eigenvalue weighted by atomic mass is 32.2. The molecule has 0 aromatic carbocycles. The van der Waals surface area contributed by atoms with Gasteiger partial charge in [-0.3, -0.25) is 10.2 Å². The van der Waals surface area contributed by atoms with Crippen LogP contribution in [-0.4, -0.2) is 20.4 Å². The minimum atomic E-state index is 0.469. The molecule has 0 aliphatic rings. The minimum Gasteiger partial charge on any atom is -0.256 e. The minimum absolute atomic E-state index is 0.469. The van der Waals surface area contributed by atoms with Gasteiger partial charge in [0.1, 0.15) is 0 Å². The molecule has 0 saturated heterocycles. The van der Waals surface area contributed by atoms with Crippen LogP contribution in [0.25, 0.3) is 0 Å². The van der Waals surface area contributed by atoms with Gasteiger partial charge in [-0.15, -0.1) is 20.4 Å². The molecule has 0 spiro atoms. The first kappa shape index (κ1) is 9.71. The zero-order valence-corrected chi connectivity index (χ0v) is 9.69. The summed E-state index contributed by atoms with van der Waals surface area (Å²) in [5, 5.41) is 21.4. The van der Waals surface area contributed by atoms with E-state index in [1.54, 1.807) is 0 Å². The van der Waals surface area contributed by atoms with Crippen LogP contribution in [0.2, 0.25) is 0 Å². The van der Waals surface area contributed by atoms with Crippen LogP contribution in [0.15, 0.2) is 10.2 Å². The van der Waals surface area contributed by atoms with Crippen LogP contribution < -0.4 is 0 Å². The summed E-state index contributed by atoms with van der Waals surface area (Å²) in [6, 6.07) is 0. The van der Waals surface area contributed by atoms with Gasteiger partial charge in [-0.25, -0.2) is 0 Å². The Balaban J connectivity index is 2.22. The number of aromatic amines is 2. The van der Waals surface area contributed by atoms with E-state index < -0.39 is 0 Å². The quantitative estimate of drug-likeness (QED) is 0.643. The number of hydrogen-bond donors (Lipinski definition) is 2. The maximum absolute atomic E-state index is 4.83. The van der Waals surface area contributed by atoms with Crippen LogP contribution in [0.5, 0.6) is 0 Å². The van der Waals surface area contributed by atoms with Crippen LogP contribution in [-0.2, 0) is 0 Å². The lowest BCUT2D eigenvalue weighted by molar-refractivity contribution is 1.02. The lowest BCUT2D eigenvalue weighted by Gasteiger charge is -1.77. The molecule has 14 heavy (non-hydrogen) atoms. The number of aromatic nitrogens is 4. The van der Waals surface area contributed by atoms with Gasteiger partial charge in [0.05, 0.1) is 0 Å². The molecule has 72 valence electrons. The molecule has 0 amide bonds. The number of H-pyrrole nitrogens is 2. The molecule has 0 bridgehead atoms. The maximum Gasteiger partial charge on any atom is 0.250 e. The van der Waals surface area contributed by atoms with Crippen LogP contribution in [0.4, 0.5) is 10.3 Å². The van der Waals surface area contributed by atoms with E-state index in [-0.39, 0.29) is 0 Å². The summed E-state index contributed by atoms with van der Waals surface area (Å²) in [5.74, 6) is 0. The van der Waals surface area contributed by atoms with E-state index in [1.807, 2.05) is 0 Å².